The van der Waals surface area contributed by atoms with Crippen molar-refractivity contribution in [2.45, 2.75) is 25.7 Å². The molecule has 0 unspecified atom stereocenters. The molecule has 1 aliphatic heterocycles. The van der Waals surface area contributed by atoms with Gasteiger partial charge in [0.1, 0.15) is 31.8 Å². The standard InChI is InChI=1S/C31H29N7OSi/c1-36-18-26(17-34-36)24-13-29(31-25(14-32)16-35-38(31)19-24)23-7-10-30(33-15-23)37-20-28(21-37)39-27-8-5-22(6-9-27)11-12-40(2,3)4/h5-10,13,15-19,28H,20-21H2,1-4H3. The van der Waals surface area contributed by atoms with Crippen molar-refractivity contribution in [3.63, 3.8) is 0 Å². The summed E-state index contributed by atoms with van der Waals surface area (Å²) in [5, 5.41) is 18.4. The van der Waals surface area contributed by atoms with Crippen LogP contribution < -0.4 is 9.64 Å². The average molecular weight is 544 g/mol. The normalized spacial score (nSPS) is 13.4. The lowest BCUT2D eigenvalue weighted by Crippen LogP contribution is -2.54. The van der Waals surface area contributed by atoms with Crippen LogP contribution in [-0.2, 0) is 7.05 Å². The predicted octanol–water partition coefficient (Wildman–Crippen LogP) is 5.16. The summed E-state index contributed by atoms with van der Waals surface area (Å²) in [5.74, 6) is 5.04. The van der Waals surface area contributed by atoms with Gasteiger partial charge in [-0.15, -0.1) is 5.54 Å². The fraction of sp³-hybridized carbons (Fsp3) is 0.226. The van der Waals surface area contributed by atoms with E-state index >= 15 is 0 Å². The lowest BCUT2D eigenvalue weighted by Gasteiger charge is -2.39. The Balaban J connectivity index is 1.16. The van der Waals surface area contributed by atoms with E-state index in [4.69, 9.17) is 9.72 Å². The molecular weight excluding hydrogens is 514 g/mol. The summed E-state index contributed by atoms with van der Waals surface area (Å²) in [5.41, 5.74) is 9.47. The summed E-state index contributed by atoms with van der Waals surface area (Å²) < 4.78 is 9.68. The Kier molecular flexibility index (Phi) is 6.37. The molecule has 1 fully saturated rings. The smallest absolute Gasteiger partial charge is 0.134 e. The van der Waals surface area contributed by atoms with E-state index in [0.717, 1.165) is 58.0 Å². The van der Waals surface area contributed by atoms with E-state index in [2.05, 4.69) is 58.3 Å². The van der Waals surface area contributed by atoms with Gasteiger partial charge in [-0.2, -0.15) is 15.5 Å². The minimum Gasteiger partial charge on any atom is -0.487 e. The van der Waals surface area contributed by atoms with E-state index in [-0.39, 0.29) is 6.10 Å². The fourth-order valence-corrected chi connectivity index (χ4v) is 5.17. The van der Waals surface area contributed by atoms with Crippen LogP contribution in [0.3, 0.4) is 0 Å². The molecule has 4 aromatic heterocycles. The first kappa shape index (κ1) is 25.4. The number of hydrogen-bond acceptors (Lipinski definition) is 6. The molecular formula is C31H29N7OSi. The summed E-state index contributed by atoms with van der Waals surface area (Å²) in [4.78, 5) is 6.95. The summed E-state index contributed by atoms with van der Waals surface area (Å²) in [6.07, 6.45) is 9.28. The Labute approximate surface area is 234 Å². The second kappa shape index (κ2) is 10.0. The van der Waals surface area contributed by atoms with Crippen molar-refractivity contribution in [2.75, 3.05) is 18.0 Å². The fourth-order valence-electron chi connectivity index (χ4n) is 4.65. The highest BCUT2D eigenvalue weighted by Gasteiger charge is 2.29. The van der Waals surface area contributed by atoms with Gasteiger partial charge in [-0.25, -0.2) is 9.50 Å². The molecule has 1 aromatic carbocycles. The first-order valence-electron chi connectivity index (χ1n) is 13.2. The predicted molar refractivity (Wildman–Crippen MR) is 159 cm³/mol. The quantitative estimate of drug-likeness (QED) is 0.225. The van der Waals surface area contributed by atoms with Gasteiger partial charge in [0, 0.05) is 53.5 Å². The molecule has 5 heterocycles. The third kappa shape index (κ3) is 5.20. The molecule has 8 nitrogen and oxygen atoms in total. The summed E-state index contributed by atoms with van der Waals surface area (Å²) >= 11 is 0. The number of hydrogen-bond donors (Lipinski definition) is 0. The molecule has 6 rings (SSSR count). The van der Waals surface area contributed by atoms with Crippen LogP contribution in [0.4, 0.5) is 5.82 Å². The number of ether oxygens (including phenoxy) is 1. The zero-order chi connectivity index (χ0) is 27.9. The molecule has 0 spiro atoms. The van der Waals surface area contributed by atoms with E-state index in [0.29, 0.717) is 5.56 Å². The van der Waals surface area contributed by atoms with Crippen LogP contribution >= 0.6 is 0 Å². The van der Waals surface area contributed by atoms with Gasteiger partial charge in [-0.3, -0.25) is 4.68 Å². The topological polar surface area (TPSA) is 84.3 Å². The van der Waals surface area contributed by atoms with Gasteiger partial charge in [0.15, 0.2) is 0 Å². The Hall–Kier alpha value is -4.86. The molecule has 0 radical (unpaired) electrons. The van der Waals surface area contributed by atoms with E-state index in [1.807, 2.05) is 68.2 Å². The first-order valence-corrected chi connectivity index (χ1v) is 16.7. The van der Waals surface area contributed by atoms with Crippen molar-refractivity contribution in [2.24, 2.45) is 7.05 Å². The third-order valence-corrected chi connectivity index (χ3v) is 7.62. The van der Waals surface area contributed by atoms with Gasteiger partial charge >= 0.3 is 0 Å². The molecule has 1 saturated heterocycles. The van der Waals surface area contributed by atoms with E-state index in [9.17, 15) is 5.26 Å². The highest BCUT2D eigenvalue weighted by atomic mass is 28.3. The number of aryl methyl sites for hydroxylation is 1. The largest absolute Gasteiger partial charge is 0.487 e. The number of pyridine rings is 2. The van der Waals surface area contributed by atoms with Gasteiger partial charge in [-0.1, -0.05) is 25.6 Å². The molecule has 198 valence electrons. The highest BCUT2D eigenvalue weighted by Crippen LogP contribution is 2.33. The molecule has 0 saturated carbocycles. The highest BCUT2D eigenvalue weighted by molar-refractivity contribution is 6.83. The lowest BCUT2D eigenvalue weighted by atomic mass is 10.0. The van der Waals surface area contributed by atoms with Gasteiger partial charge in [0.05, 0.1) is 36.6 Å². The summed E-state index contributed by atoms with van der Waals surface area (Å²) in [6.45, 7) is 8.27. The van der Waals surface area contributed by atoms with Crippen molar-refractivity contribution in [1.82, 2.24) is 24.4 Å². The van der Waals surface area contributed by atoms with E-state index in [1.54, 1.807) is 15.4 Å². The number of aromatic nitrogens is 5. The average Bonchev–Trinajstić information content (AvgIpc) is 3.55. The van der Waals surface area contributed by atoms with Gasteiger partial charge < -0.3 is 9.64 Å². The molecule has 9 heteroatoms. The Morgan fingerprint density at radius 2 is 1.73 bits per heavy atom. The van der Waals surface area contributed by atoms with Crippen molar-refractivity contribution in [1.29, 1.82) is 5.26 Å². The molecule has 5 aromatic rings. The van der Waals surface area contributed by atoms with Crippen LogP contribution in [0, 0.1) is 22.8 Å². The summed E-state index contributed by atoms with van der Waals surface area (Å²) in [7, 11) is 0.496. The van der Waals surface area contributed by atoms with Crippen LogP contribution in [0.1, 0.15) is 11.1 Å². The number of fused-ring (bicyclic) bond motifs is 1. The molecule has 0 N–H and O–H groups in total. The van der Waals surface area contributed by atoms with Crippen LogP contribution in [0.25, 0.3) is 27.8 Å². The number of anilines is 1. The number of nitriles is 1. The van der Waals surface area contributed by atoms with Crippen LogP contribution in [-0.4, -0.2) is 51.6 Å². The molecule has 40 heavy (non-hydrogen) atoms. The monoisotopic (exact) mass is 543 g/mol. The van der Waals surface area contributed by atoms with E-state index in [1.165, 1.54) is 0 Å². The van der Waals surface area contributed by atoms with Gasteiger partial charge in [0.2, 0.25) is 0 Å². The second-order valence-corrected chi connectivity index (χ2v) is 15.8. The van der Waals surface area contributed by atoms with Crippen molar-refractivity contribution in [3.8, 4) is 45.5 Å². The minimum atomic E-state index is -1.39. The zero-order valence-corrected chi connectivity index (χ0v) is 24.0. The summed E-state index contributed by atoms with van der Waals surface area (Å²) in [6, 6.07) is 16.4. The van der Waals surface area contributed by atoms with Crippen molar-refractivity contribution < 1.29 is 4.74 Å². The van der Waals surface area contributed by atoms with Crippen molar-refractivity contribution >= 4 is 19.4 Å². The maximum absolute atomic E-state index is 9.68. The maximum Gasteiger partial charge on any atom is 0.134 e. The van der Waals surface area contributed by atoms with Crippen LogP contribution in [0.5, 0.6) is 5.75 Å². The first-order chi connectivity index (χ1) is 19.3. The number of benzene rings is 1. The Morgan fingerprint density at radius 1 is 0.925 bits per heavy atom. The minimum absolute atomic E-state index is 0.112. The SMILES string of the molecule is Cn1cc(-c2cc(-c3ccc(N4CC(Oc5ccc(C#C[Si](C)(C)C)cc5)C4)nc3)c3c(C#N)cnn3c2)cn1. The molecule has 0 atom stereocenters. The van der Waals surface area contributed by atoms with Gasteiger partial charge in [0.25, 0.3) is 0 Å². The van der Waals surface area contributed by atoms with Crippen LogP contribution in [0.15, 0.2) is 73.4 Å². The number of nitrogens with zero attached hydrogens (tertiary/aromatic N) is 7. The van der Waals surface area contributed by atoms with Crippen LogP contribution in [0.2, 0.25) is 19.6 Å². The van der Waals surface area contributed by atoms with E-state index < -0.39 is 8.07 Å². The lowest BCUT2D eigenvalue weighted by molar-refractivity contribution is 0.167. The molecule has 0 aliphatic carbocycles. The second-order valence-electron chi connectivity index (χ2n) is 11.1. The molecule has 0 amide bonds. The maximum atomic E-state index is 9.68. The molecule has 1 aliphatic rings. The van der Waals surface area contributed by atoms with Gasteiger partial charge in [-0.05, 0) is 42.5 Å². The van der Waals surface area contributed by atoms with Crippen molar-refractivity contribution in [3.05, 3.63) is 84.6 Å². The Bertz CT molecular complexity index is 1790. The third-order valence-electron chi connectivity index (χ3n) is 6.74. The Morgan fingerprint density at radius 3 is 2.38 bits per heavy atom. The zero-order valence-electron chi connectivity index (χ0n) is 23.0. The number of rotatable bonds is 5. The molecule has 0 bridgehead atoms.